The van der Waals surface area contributed by atoms with Gasteiger partial charge in [0.25, 0.3) is 0 Å². The maximum Gasteiger partial charge on any atom is 0.305 e. The van der Waals surface area contributed by atoms with Crippen LogP contribution in [0.2, 0.25) is 0 Å². The molecule has 2 unspecified atom stereocenters. The fourth-order valence-electron chi connectivity index (χ4n) is 10.9. The van der Waals surface area contributed by atoms with Gasteiger partial charge in [0.05, 0.1) is 25.4 Å². The van der Waals surface area contributed by atoms with Crippen LogP contribution in [0.25, 0.3) is 0 Å². The van der Waals surface area contributed by atoms with Crippen molar-refractivity contribution in [1.29, 1.82) is 0 Å². The van der Waals surface area contributed by atoms with E-state index in [1.807, 2.05) is 6.08 Å². The molecule has 0 aromatic heterocycles. The summed E-state index contributed by atoms with van der Waals surface area (Å²) in [6, 6.07) is -0.632. The summed E-state index contributed by atoms with van der Waals surface area (Å²) >= 11 is 0. The molecule has 0 spiro atoms. The van der Waals surface area contributed by atoms with Gasteiger partial charge in [0.2, 0.25) is 5.91 Å². The average Bonchev–Trinajstić information content (AvgIpc) is 3.45. The molecule has 0 aliphatic rings. The van der Waals surface area contributed by atoms with E-state index in [9.17, 15) is 19.8 Å². The largest absolute Gasteiger partial charge is 0.466 e. The number of nitrogens with one attached hydrogen (secondary N) is 1. The Hall–Kier alpha value is -2.18. The van der Waals surface area contributed by atoms with Gasteiger partial charge in [-0.1, -0.05) is 326 Å². The monoisotopic (exact) mass is 1110 g/mol. The molecule has 0 rings (SSSR count). The van der Waals surface area contributed by atoms with Gasteiger partial charge in [-0.25, -0.2) is 0 Å². The lowest BCUT2D eigenvalue weighted by atomic mass is 10.0. The third-order valence-corrected chi connectivity index (χ3v) is 16.3. The van der Waals surface area contributed by atoms with Crippen LogP contribution in [0.15, 0.2) is 48.6 Å². The average molecular weight is 1110 g/mol. The number of hydrogen-bond donors (Lipinski definition) is 3. The molecule has 0 bridgehead atoms. The van der Waals surface area contributed by atoms with Crippen molar-refractivity contribution < 1.29 is 24.5 Å². The van der Waals surface area contributed by atoms with Crippen LogP contribution in [0.1, 0.15) is 380 Å². The Morgan fingerprint density at radius 1 is 0.354 bits per heavy atom. The zero-order valence-electron chi connectivity index (χ0n) is 53.1. The fraction of sp³-hybridized carbons (Fsp3) is 0.863. The van der Waals surface area contributed by atoms with E-state index in [1.54, 1.807) is 6.08 Å². The molecule has 3 N–H and O–H groups in total. The maximum absolute atomic E-state index is 12.5. The predicted molar refractivity (Wildman–Crippen MR) is 347 cm³/mol. The van der Waals surface area contributed by atoms with Crippen LogP contribution in [-0.2, 0) is 14.3 Å². The number of amides is 1. The van der Waals surface area contributed by atoms with Crippen LogP contribution < -0.4 is 5.32 Å². The number of hydrogen-bond acceptors (Lipinski definition) is 5. The van der Waals surface area contributed by atoms with Crippen LogP contribution >= 0.6 is 0 Å². The van der Waals surface area contributed by atoms with Gasteiger partial charge in [-0.05, 0) is 89.9 Å². The SMILES string of the molecule is CCCCCCC/C=C\CCCCCCCC(=O)OCCCCCCCCCCC/C=C\C/C=C\CCCCCCCCCCCCCC(=O)NC(CO)C(O)/C=C/CCCCCCCCCCCCCCCCCCCCC. The molecule has 0 saturated heterocycles. The number of allylic oxidation sites excluding steroid dienone is 7. The van der Waals surface area contributed by atoms with E-state index in [0.717, 1.165) is 51.4 Å². The zero-order chi connectivity index (χ0) is 57.1. The van der Waals surface area contributed by atoms with E-state index in [2.05, 4.69) is 55.6 Å². The van der Waals surface area contributed by atoms with Crippen LogP contribution in [0.5, 0.6) is 0 Å². The summed E-state index contributed by atoms with van der Waals surface area (Å²) in [7, 11) is 0. The number of ether oxygens (including phenoxy) is 1. The van der Waals surface area contributed by atoms with Crippen LogP contribution in [0.4, 0.5) is 0 Å². The summed E-state index contributed by atoms with van der Waals surface area (Å²) < 4.78 is 5.48. The molecule has 0 aliphatic carbocycles. The van der Waals surface area contributed by atoms with Gasteiger partial charge in [-0.3, -0.25) is 9.59 Å². The second kappa shape index (κ2) is 68.3. The maximum atomic E-state index is 12.5. The van der Waals surface area contributed by atoms with Gasteiger partial charge in [0.15, 0.2) is 0 Å². The van der Waals surface area contributed by atoms with Gasteiger partial charge in [-0.15, -0.1) is 0 Å². The van der Waals surface area contributed by atoms with E-state index in [-0.39, 0.29) is 18.5 Å². The Labute approximate surface area is 493 Å². The number of aliphatic hydroxyl groups is 2. The van der Waals surface area contributed by atoms with Crippen molar-refractivity contribution in [2.24, 2.45) is 0 Å². The van der Waals surface area contributed by atoms with Crippen molar-refractivity contribution >= 4 is 11.9 Å². The smallest absolute Gasteiger partial charge is 0.305 e. The molecular weight excluding hydrogens is 971 g/mol. The number of unbranched alkanes of at least 4 members (excludes halogenated alkanes) is 49. The van der Waals surface area contributed by atoms with Crippen molar-refractivity contribution in [3.8, 4) is 0 Å². The Morgan fingerprint density at radius 2 is 0.633 bits per heavy atom. The lowest BCUT2D eigenvalue weighted by Crippen LogP contribution is -2.45. The molecule has 2 atom stereocenters. The Kier molecular flexibility index (Phi) is 66.4. The molecule has 0 aliphatic heterocycles. The lowest BCUT2D eigenvalue weighted by molar-refractivity contribution is -0.143. The minimum atomic E-state index is -0.848. The van der Waals surface area contributed by atoms with Crippen molar-refractivity contribution in [3.05, 3.63) is 48.6 Å². The van der Waals surface area contributed by atoms with Crippen LogP contribution in [0.3, 0.4) is 0 Å². The first-order valence-corrected chi connectivity index (χ1v) is 35.4. The first kappa shape index (κ1) is 76.8. The molecule has 6 heteroatoms. The summed E-state index contributed by atoms with van der Waals surface area (Å²) in [6.45, 7) is 4.91. The van der Waals surface area contributed by atoms with Crippen molar-refractivity contribution in [2.75, 3.05) is 13.2 Å². The molecule has 1 amide bonds. The predicted octanol–water partition coefficient (Wildman–Crippen LogP) is 22.9. The Morgan fingerprint density at radius 3 is 0.975 bits per heavy atom. The van der Waals surface area contributed by atoms with Crippen molar-refractivity contribution in [1.82, 2.24) is 5.32 Å². The van der Waals surface area contributed by atoms with E-state index in [4.69, 9.17) is 4.74 Å². The standard InChI is InChI=1S/C73H137NO5/c1-3-5-7-9-11-13-15-17-19-20-21-29-32-35-38-41-45-49-53-57-61-65-71(76)70(69-75)74-72(77)66-62-58-54-50-46-42-39-36-33-30-27-25-23-22-24-26-28-31-34-37-40-44-48-52-56-60-64-68-79-73(78)67-63-59-55-51-47-43-18-16-14-12-10-8-6-4-2/h16,18,22-23,26,28,61,65,70-71,75-76H,3-15,17,19-21,24-25,27,29-60,62-64,66-69H2,1-2H3,(H,74,77)/b18-16-,23-22-,28-26-,65-61+. The minimum Gasteiger partial charge on any atom is -0.466 e. The summed E-state index contributed by atoms with van der Waals surface area (Å²) in [5, 5.41) is 23.2. The molecule has 0 heterocycles. The summed E-state index contributed by atoms with van der Waals surface area (Å²) in [5.74, 6) is -0.0663. The van der Waals surface area contributed by atoms with E-state index in [1.165, 1.54) is 302 Å². The molecule has 464 valence electrons. The molecule has 0 radical (unpaired) electrons. The molecule has 0 aromatic rings. The molecule has 0 fully saturated rings. The highest BCUT2D eigenvalue weighted by Gasteiger charge is 2.18. The Bertz CT molecular complexity index is 1320. The molecular formula is C73H137NO5. The molecule has 6 nitrogen and oxygen atoms in total. The van der Waals surface area contributed by atoms with Gasteiger partial charge in [0.1, 0.15) is 0 Å². The topological polar surface area (TPSA) is 95.9 Å². The van der Waals surface area contributed by atoms with Gasteiger partial charge >= 0.3 is 5.97 Å². The highest BCUT2D eigenvalue weighted by molar-refractivity contribution is 5.76. The second-order valence-corrected chi connectivity index (χ2v) is 24.2. The molecule has 79 heavy (non-hydrogen) atoms. The van der Waals surface area contributed by atoms with Crippen molar-refractivity contribution in [2.45, 2.75) is 392 Å². The second-order valence-electron chi connectivity index (χ2n) is 24.2. The quantitative estimate of drug-likeness (QED) is 0.0320. The Balaban J connectivity index is 3.45. The highest BCUT2D eigenvalue weighted by Crippen LogP contribution is 2.18. The molecule has 0 saturated carbocycles. The minimum absolute atomic E-state index is 0.00184. The van der Waals surface area contributed by atoms with Gasteiger partial charge in [-0.2, -0.15) is 0 Å². The lowest BCUT2D eigenvalue weighted by Gasteiger charge is -2.20. The number of carbonyl (C=O) groups is 2. The number of rotatable bonds is 66. The van der Waals surface area contributed by atoms with Crippen molar-refractivity contribution in [3.63, 3.8) is 0 Å². The van der Waals surface area contributed by atoms with Gasteiger partial charge < -0.3 is 20.3 Å². The fourth-order valence-corrected chi connectivity index (χ4v) is 10.9. The van der Waals surface area contributed by atoms with Crippen LogP contribution in [-0.4, -0.2) is 47.4 Å². The number of aliphatic hydroxyl groups excluding tert-OH is 2. The first-order chi connectivity index (χ1) is 39.0. The summed E-state index contributed by atoms with van der Waals surface area (Å²) in [5.41, 5.74) is 0. The summed E-state index contributed by atoms with van der Waals surface area (Å²) in [4.78, 5) is 24.6. The zero-order valence-corrected chi connectivity index (χ0v) is 53.1. The molecule has 0 aromatic carbocycles. The van der Waals surface area contributed by atoms with E-state index >= 15 is 0 Å². The van der Waals surface area contributed by atoms with E-state index in [0.29, 0.717) is 19.4 Å². The van der Waals surface area contributed by atoms with Gasteiger partial charge in [0, 0.05) is 12.8 Å². The third-order valence-electron chi connectivity index (χ3n) is 16.3. The number of carbonyl (C=O) groups excluding carboxylic acids is 2. The normalized spacial score (nSPS) is 12.8. The third kappa shape index (κ3) is 64.8. The summed E-state index contributed by atoms with van der Waals surface area (Å²) in [6.07, 6.45) is 89.0. The number of esters is 1. The van der Waals surface area contributed by atoms with Crippen LogP contribution in [0, 0.1) is 0 Å². The first-order valence-electron chi connectivity index (χ1n) is 35.4. The highest BCUT2D eigenvalue weighted by atomic mass is 16.5. The van der Waals surface area contributed by atoms with E-state index < -0.39 is 12.1 Å².